The van der Waals surface area contributed by atoms with Crippen LogP contribution in [0.4, 0.5) is 13.2 Å². The second-order valence-electron chi connectivity index (χ2n) is 7.77. The molecule has 1 saturated heterocycles. The van der Waals surface area contributed by atoms with Crippen LogP contribution in [0.5, 0.6) is 0 Å². The lowest BCUT2D eigenvalue weighted by atomic mass is 9.95. The lowest BCUT2D eigenvalue weighted by Crippen LogP contribution is -2.26. The molecule has 2 atom stereocenters. The van der Waals surface area contributed by atoms with Crippen LogP contribution in [0.15, 0.2) is 64.3 Å². The standard InChI is InChI=1S/C20H18N2O2S2.C2HF3O2/c23-26(24)19-5-4-14(15-6-8-25-13-15)9-17(19)18-11-22(12-20(18)26)10-16-3-1-2-7-21-16;3-2(4,5)1(6)7/h1-9,13,18,20H,10-12H2;(H,6,7). The summed E-state index contributed by atoms with van der Waals surface area (Å²) < 4.78 is 57.8. The van der Waals surface area contributed by atoms with Crippen molar-refractivity contribution in [2.24, 2.45) is 0 Å². The summed E-state index contributed by atoms with van der Waals surface area (Å²) in [5.41, 5.74) is 4.23. The zero-order valence-electron chi connectivity index (χ0n) is 17.1. The Hall–Kier alpha value is -2.76. The number of hydrogen-bond acceptors (Lipinski definition) is 6. The first kappa shape index (κ1) is 23.4. The monoisotopic (exact) mass is 496 g/mol. The molecule has 0 bridgehead atoms. The van der Waals surface area contributed by atoms with Gasteiger partial charge in [-0.1, -0.05) is 12.1 Å². The number of nitrogens with zero attached hydrogens (tertiary/aromatic N) is 2. The van der Waals surface area contributed by atoms with Gasteiger partial charge in [-0.3, -0.25) is 9.88 Å². The number of pyridine rings is 1. The molecule has 11 heteroatoms. The molecule has 0 aliphatic carbocycles. The second kappa shape index (κ2) is 8.88. The number of carbonyl (C=O) groups is 1. The Morgan fingerprint density at radius 3 is 2.52 bits per heavy atom. The summed E-state index contributed by atoms with van der Waals surface area (Å²) in [4.78, 5) is 16.0. The van der Waals surface area contributed by atoms with Crippen LogP contribution in [0.1, 0.15) is 17.2 Å². The van der Waals surface area contributed by atoms with E-state index in [9.17, 15) is 21.6 Å². The molecule has 2 aromatic heterocycles. The van der Waals surface area contributed by atoms with Gasteiger partial charge in [0.2, 0.25) is 0 Å². The van der Waals surface area contributed by atoms with Crippen molar-refractivity contribution in [1.29, 1.82) is 0 Å². The third-order valence-corrected chi connectivity index (χ3v) is 8.61. The number of fused-ring (bicyclic) bond motifs is 3. The molecular weight excluding hydrogens is 477 g/mol. The number of hydrogen-bond donors (Lipinski definition) is 1. The maximum Gasteiger partial charge on any atom is 0.490 e. The molecule has 1 N–H and O–H groups in total. The van der Waals surface area contributed by atoms with Crippen LogP contribution in [0.2, 0.25) is 0 Å². The minimum absolute atomic E-state index is 0.0531. The predicted molar refractivity (Wildman–Crippen MR) is 117 cm³/mol. The summed E-state index contributed by atoms with van der Waals surface area (Å²) in [6.07, 6.45) is -3.30. The first-order valence-electron chi connectivity index (χ1n) is 9.90. The van der Waals surface area contributed by atoms with E-state index in [1.807, 2.05) is 29.6 Å². The fourth-order valence-electron chi connectivity index (χ4n) is 4.18. The van der Waals surface area contributed by atoms with Gasteiger partial charge in [0, 0.05) is 31.7 Å². The zero-order chi connectivity index (χ0) is 23.8. The van der Waals surface area contributed by atoms with Crippen LogP contribution in [-0.4, -0.2) is 53.9 Å². The van der Waals surface area contributed by atoms with E-state index in [1.165, 1.54) is 0 Å². The number of thiophene rings is 1. The van der Waals surface area contributed by atoms with E-state index in [4.69, 9.17) is 9.90 Å². The summed E-state index contributed by atoms with van der Waals surface area (Å²) in [6, 6.07) is 13.8. The van der Waals surface area contributed by atoms with Crippen molar-refractivity contribution in [3.8, 4) is 11.1 Å². The number of sulfone groups is 1. The Balaban J connectivity index is 0.000000325. The van der Waals surface area contributed by atoms with E-state index >= 15 is 0 Å². The van der Waals surface area contributed by atoms with E-state index < -0.39 is 22.0 Å². The highest BCUT2D eigenvalue weighted by Gasteiger charge is 2.50. The van der Waals surface area contributed by atoms with E-state index in [0.717, 1.165) is 28.9 Å². The molecular formula is C22H19F3N2O4S2. The molecule has 1 fully saturated rings. The molecule has 2 unspecified atom stereocenters. The molecule has 6 nitrogen and oxygen atoms in total. The van der Waals surface area contributed by atoms with E-state index in [-0.39, 0.29) is 11.2 Å². The number of alkyl halides is 3. The average molecular weight is 497 g/mol. The first-order chi connectivity index (χ1) is 15.6. The summed E-state index contributed by atoms with van der Waals surface area (Å²) in [5.74, 6) is -2.70. The van der Waals surface area contributed by atoms with Gasteiger partial charge in [0.1, 0.15) is 0 Å². The smallest absolute Gasteiger partial charge is 0.475 e. The van der Waals surface area contributed by atoms with Gasteiger partial charge < -0.3 is 5.11 Å². The maximum atomic E-state index is 13.0. The molecule has 3 aromatic rings. The predicted octanol–water partition coefficient (Wildman–Crippen LogP) is 4.20. The van der Waals surface area contributed by atoms with Crippen LogP contribution >= 0.6 is 11.3 Å². The lowest BCUT2D eigenvalue weighted by molar-refractivity contribution is -0.192. The normalized spacial score (nSPS) is 21.1. The van der Waals surface area contributed by atoms with Crippen molar-refractivity contribution in [3.05, 3.63) is 70.7 Å². The summed E-state index contributed by atoms with van der Waals surface area (Å²) in [5, 5.41) is 10.9. The number of aromatic nitrogens is 1. The van der Waals surface area contributed by atoms with Crippen LogP contribution in [0.3, 0.4) is 0 Å². The maximum absolute atomic E-state index is 13.0. The summed E-state index contributed by atoms with van der Waals surface area (Å²) >= 11 is 1.66. The van der Waals surface area contributed by atoms with Crippen molar-refractivity contribution in [2.45, 2.75) is 28.8 Å². The van der Waals surface area contributed by atoms with Gasteiger partial charge in [-0.15, -0.1) is 0 Å². The average Bonchev–Trinajstić information content (AvgIpc) is 3.47. The SMILES string of the molecule is O=C(O)C(F)(F)F.O=S1(=O)c2ccc(-c3ccsc3)cc2C2CN(Cc3ccccn3)CC21. The lowest BCUT2D eigenvalue weighted by Gasteiger charge is -2.17. The minimum atomic E-state index is -5.08. The Morgan fingerprint density at radius 1 is 1.15 bits per heavy atom. The van der Waals surface area contributed by atoms with Crippen molar-refractivity contribution in [1.82, 2.24) is 9.88 Å². The number of halogens is 3. The highest BCUT2D eigenvalue weighted by Crippen LogP contribution is 2.46. The molecule has 0 radical (unpaired) electrons. The Kier molecular flexibility index (Phi) is 6.30. The van der Waals surface area contributed by atoms with Gasteiger partial charge in [-0.05, 0) is 57.8 Å². The van der Waals surface area contributed by atoms with Gasteiger partial charge in [0.05, 0.1) is 15.8 Å². The van der Waals surface area contributed by atoms with Crippen LogP contribution in [0.25, 0.3) is 11.1 Å². The van der Waals surface area contributed by atoms with E-state index in [0.29, 0.717) is 18.0 Å². The van der Waals surface area contributed by atoms with Crippen LogP contribution < -0.4 is 0 Å². The highest BCUT2D eigenvalue weighted by atomic mass is 32.2. The zero-order valence-corrected chi connectivity index (χ0v) is 18.7. The second-order valence-corrected chi connectivity index (χ2v) is 10.7. The van der Waals surface area contributed by atoms with Crippen molar-refractivity contribution >= 4 is 27.1 Å². The molecule has 33 heavy (non-hydrogen) atoms. The summed E-state index contributed by atoms with van der Waals surface area (Å²) in [6.45, 7) is 2.04. The quantitative estimate of drug-likeness (QED) is 0.585. The number of carboxylic acids is 1. The van der Waals surface area contributed by atoms with Gasteiger partial charge in [-0.2, -0.15) is 24.5 Å². The number of aliphatic carboxylic acids is 1. The van der Waals surface area contributed by atoms with Crippen LogP contribution in [-0.2, 0) is 21.2 Å². The molecule has 2 aliphatic rings. The third kappa shape index (κ3) is 4.80. The number of carboxylic acid groups (broad SMARTS) is 1. The molecule has 4 heterocycles. The van der Waals surface area contributed by atoms with E-state index in [2.05, 4.69) is 27.4 Å². The van der Waals surface area contributed by atoms with Gasteiger partial charge >= 0.3 is 12.1 Å². The first-order valence-corrected chi connectivity index (χ1v) is 12.4. The van der Waals surface area contributed by atoms with Crippen LogP contribution in [0, 0.1) is 0 Å². The van der Waals surface area contributed by atoms with Gasteiger partial charge in [-0.25, -0.2) is 13.2 Å². The fraction of sp³-hybridized carbons (Fsp3) is 0.273. The largest absolute Gasteiger partial charge is 0.490 e. The molecule has 174 valence electrons. The van der Waals surface area contributed by atoms with Gasteiger partial charge in [0.25, 0.3) is 0 Å². The molecule has 5 rings (SSSR count). The summed E-state index contributed by atoms with van der Waals surface area (Å²) in [7, 11) is -3.25. The third-order valence-electron chi connectivity index (χ3n) is 5.66. The molecule has 2 aliphatic heterocycles. The Morgan fingerprint density at radius 2 is 1.91 bits per heavy atom. The Labute approximate surface area is 192 Å². The van der Waals surface area contributed by atoms with Crippen molar-refractivity contribution < 1.29 is 31.5 Å². The Bertz CT molecular complexity index is 1250. The molecule has 0 saturated carbocycles. The van der Waals surface area contributed by atoms with Crippen molar-refractivity contribution in [3.63, 3.8) is 0 Å². The number of likely N-dealkylation sites (tertiary alicyclic amines) is 1. The topological polar surface area (TPSA) is 87.6 Å². The van der Waals surface area contributed by atoms with Crippen molar-refractivity contribution in [2.75, 3.05) is 13.1 Å². The molecule has 0 spiro atoms. The number of benzene rings is 1. The minimum Gasteiger partial charge on any atom is -0.475 e. The molecule has 1 aromatic carbocycles. The fourth-order valence-corrected chi connectivity index (χ4v) is 7.04. The number of rotatable bonds is 3. The van der Waals surface area contributed by atoms with E-state index in [1.54, 1.807) is 23.6 Å². The van der Waals surface area contributed by atoms with Gasteiger partial charge in [0.15, 0.2) is 9.84 Å². The highest BCUT2D eigenvalue weighted by molar-refractivity contribution is 7.92. The molecule has 0 amide bonds.